The van der Waals surface area contributed by atoms with E-state index in [9.17, 15) is 0 Å². The summed E-state index contributed by atoms with van der Waals surface area (Å²) in [6.07, 6.45) is 4.63. The minimum atomic E-state index is 0.117. The molecule has 1 aromatic heterocycles. The molecule has 0 atom stereocenters. The Labute approximate surface area is 120 Å². The van der Waals surface area contributed by atoms with Gasteiger partial charge in [0.05, 0.1) is 5.56 Å². The first-order chi connectivity index (χ1) is 9.65. The largest absolute Gasteiger partial charge is 0.384 e. The van der Waals surface area contributed by atoms with Gasteiger partial charge in [-0.3, -0.25) is 10.3 Å². The lowest BCUT2D eigenvalue weighted by Gasteiger charge is -2.36. The Balaban J connectivity index is 1.71. The third-order valence-corrected chi connectivity index (χ3v) is 4.29. The third kappa shape index (κ3) is 2.77. The number of nitrogens with two attached hydrogens (primary N) is 1. The van der Waals surface area contributed by atoms with Crippen LogP contribution in [0.25, 0.3) is 0 Å². The van der Waals surface area contributed by atoms with Crippen LogP contribution >= 0.6 is 0 Å². The van der Waals surface area contributed by atoms with E-state index in [-0.39, 0.29) is 5.84 Å². The van der Waals surface area contributed by atoms with E-state index >= 15 is 0 Å². The topological polar surface area (TPSA) is 69.2 Å². The Morgan fingerprint density at radius 3 is 2.65 bits per heavy atom. The molecule has 5 heteroatoms. The summed E-state index contributed by atoms with van der Waals surface area (Å²) in [4.78, 5) is 9.29. The van der Waals surface area contributed by atoms with Gasteiger partial charge in [0, 0.05) is 38.9 Å². The van der Waals surface area contributed by atoms with E-state index in [2.05, 4.69) is 14.8 Å². The first-order valence-electron chi connectivity index (χ1n) is 7.42. The van der Waals surface area contributed by atoms with Gasteiger partial charge in [0.25, 0.3) is 0 Å². The van der Waals surface area contributed by atoms with Crippen molar-refractivity contribution in [3.8, 4) is 0 Å². The Bertz CT molecular complexity index is 501. The highest BCUT2D eigenvalue weighted by Gasteiger charge is 2.27. The van der Waals surface area contributed by atoms with E-state index in [0.717, 1.165) is 49.0 Å². The summed E-state index contributed by atoms with van der Waals surface area (Å²) in [5, 5.41) is 7.78. The van der Waals surface area contributed by atoms with Gasteiger partial charge in [-0.15, -0.1) is 0 Å². The number of amidine groups is 1. The second-order valence-corrected chi connectivity index (χ2v) is 5.97. The van der Waals surface area contributed by atoms with Crippen molar-refractivity contribution >= 4 is 11.7 Å². The minimum Gasteiger partial charge on any atom is -0.384 e. The van der Waals surface area contributed by atoms with Crippen LogP contribution in [0.3, 0.4) is 0 Å². The normalized spacial score (nSPS) is 20.1. The Morgan fingerprint density at radius 2 is 2.05 bits per heavy atom. The quantitative estimate of drug-likeness (QED) is 0.639. The number of hydrogen-bond donors (Lipinski definition) is 2. The van der Waals surface area contributed by atoms with Gasteiger partial charge in [0.2, 0.25) is 0 Å². The highest BCUT2D eigenvalue weighted by Crippen LogP contribution is 2.30. The second-order valence-electron chi connectivity index (χ2n) is 5.97. The molecule has 1 aromatic rings. The van der Waals surface area contributed by atoms with Gasteiger partial charge in [0.1, 0.15) is 11.7 Å². The smallest absolute Gasteiger partial charge is 0.139 e. The summed E-state index contributed by atoms with van der Waals surface area (Å²) in [6.45, 7) is 7.37. The molecule has 2 aliphatic rings. The van der Waals surface area contributed by atoms with E-state index in [1.165, 1.54) is 19.4 Å². The molecule has 108 valence electrons. The maximum atomic E-state index is 7.78. The van der Waals surface area contributed by atoms with Crippen LogP contribution < -0.4 is 10.6 Å². The zero-order valence-electron chi connectivity index (χ0n) is 12.1. The average molecular weight is 273 g/mol. The van der Waals surface area contributed by atoms with Crippen molar-refractivity contribution in [3.63, 3.8) is 0 Å². The van der Waals surface area contributed by atoms with E-state index < -0.39 is 0 Å². The Hall–Kier alpha value is -1.62. The highest BCUT2D eigenvalue weighted by molar-refractivity contribution is 6.01. The molecule has 2 heterocycles. The fourth-order valence-electron chi connectivity index (χ4n) is 2.92. The molecular formula is C15H23N5. The molecule has 0 aromatic carbocycles. The van der Waals surface area contributed by atoms with Gasteiger partial charge in [-0.2, -0.15) is 0 Å². The number of aryl methyl sites for hydroxylation is 1. The van der Waals surface area contributed by atoms with Crippen LogP contribution in [0.1, 0.15) is 24.0 Å². The summed E-state index contributed by atoms with van der Waals surface area (Å²) >= 11 is 0. The Morgan fingerprint density at radius 1 is 1.35 bits per heavy atom. The van der Waals surface area contributed by atoms with Gasteiger partial charge < -0.3 is 10.6 Å². The van der Waals surface area contributed by atoms with Gasteiger partial charge in [0.15, 0.2) is 0 Å². The van der Waals surface area contributed by atoms with Gasteiger partial charge >= 0.3 is 0 Å². The van der Waals surface area contributed by atoms with Crippen molar-refractivity contribution in [3.05, 3.63) is 23.4 Å². The first kappa shape index (κ1) is 13.4. The number of nitrogen functional groups attached to an aromatic ring is 1. The van der Waals surface area contributed by atoms with Crippen LogP contribution in [-0.2, 0) is 0 Å². The third-order valence-electron chi connectivity index (χ3n) is 4.29. The molecule has 1 saturated heterocycles. The molecule has 3 rings (SSSR count). The van der Waals surface area contributed by atoms with Crippen molar-refractivity contribution in [2.24, 2.45) is 11.7 Å². The molecule has 0 amide bonds. The monoisotopic (exact) mass is 273 g/mol. The standard InChI is InChI=1S/C15H23N5/c1-11-4-5-18-15(13(11)14(16)17)20-8-6-19(7-9-20)10-12-2-3-12/h4-5,12H,2-3,6-10H2,1H3,(H3,16,17). The SMILES string of the molecule is Cc1ccnc(N2CCN(CC3CC3)CC2)c1C(=N)N. The summed E-state index contributed by atoms with van der Waals surface area (Å²) < 4.78 is 0. The maximum Gasteiger partial charge on any atom is 0.139 e. The zero-order chi connectivity index (χ0) is 14.1. The maximum absolute atomic E-state index is 7.78. The van der Waals surface area contributed by atoms with Gasteiger partial charge in [-0.05, 0) is 37.3 Å². The van der Waals surface area contributed by atoms with Crippen molar-refractivity contribution in [2.45, 2.75) is 19.8 Å². The van der Waals surface area contributed by atoms with Crippen molar-refractivity contribution in [1.29, 1.82) is 5.41 Å². The van der Waals surface area contributed by atoms with E-state index in [0.29, 0.717) is 0 Å². The second kappa shape index (κ2) is 5.40. The van der Waals surface area contributed by atoms with Crippen molar-refractivity contribution in [1.82, 2.24) is 9.88 Å². The number of anilines is 1. The predicted molar refractivity (Wildman–Crippen MR) is 81.4 cm³/mol. The molecule has 0 spiro atoms. The van der Waals surface area contributed by atoms with Crippen LogP contribution in [0.4, 0.5) is 5.82 Å². The predicted octanol–water partition coefficient (Wildman–Crippen LogP) is 1.21. The van der Waals surface area contributed by atoms with E-state index in [1.807, 2.05) is 19.2 Å². The average Bonchev–Trinajstić information content (AvgIpc) is 3.23. The molecule has 5 nitrogen and oxygen atoms in total. The molecule has 1 aliphatic heterocycles. The number of pyridine rings is 1. The zero-order valence-corrected chi connectivity index (χ0v) is 12.1. The molecule has 0 bridgehead atoms. The molecular weight excluding hydrogens is 250 g/mol. The summed E-state index contributed by atoms with van der Waals surface area (Å²) in [6, 6.07) is 1.92. The minimum absolute atomic E-state index is 0.117. The molecule has 1 aliphatic carbocycles. The number of rotatable bonds is 4. The lowest BCUT2D eigenvalue weighted by molar-refractivity contribution is 0.247. The van der Waals surface area contributed by atoms with Crippen LogP contribution in [0.2, 0.25) is 0 Å². The summed E-state index contributed by atoms with van der Waals surface area (Å²) in [5.41, 5.74) is 7.55. The van der Waals surface area contributed by atoms with Crippen LogP contribution in [-0.4, -0.2) is 48.4 Å². The number of nitrogens with one attached hydrogen (secondary N) is 1. The van der Waals surface area contributed by atoms with Gasteiger partial charge in [-0.1, -0.05) is 0 Å². The summed E-state index contributed by atoms with van der Waals surface area (Å²) in [7, 11) is 0. The number of piperazine rings is 1. The molecule has 0 radical (unpaired) electrons. The first-order valence-corrected chi connectivity index (χ1v) is 7.42. The molecule has 0 unspecified atom stereocenters. The van der Waals surface area contributed by atoms with Crippen LogP contribution in [0, 0.1) is 18.3 Å². The molecule has 1 saturated carbocycles. The number of aromatic nitrogens is 1. The van der Waals surface area contributed by atoms with Crippen LogP contribution in [0.15, 0.2) is 12.3 Å². The lowest BCUT2D eigenvalue weighted by Crippen LogP contribution is -2.47. The van der Waals surface area contributed by atoms with Gasteiger partial charge in [-0.25, -0.2) is 4.98 Å². The summed E-state index contributed by atoms with van der Waals surface area (Å²) in [5.74, 6) is 1.95. The number of nitrogens with zero attached hydrogens (tertiary/aromatic N) is 3. The fraction of sp³-hybridized carbons (Fsp3) is 0.600. The molecule has 2 fully saturated rings. The number of hydrogen-bond acceptors (Lipinski definition) is 4. The van der Waals surface area contributed by atoms with E-state index in [1.54, 1.807) is 0 Å². The fourth-order valence-corrected chi connectivity index (χ4v) is 2.92. The molecule has 20 heavy (non-hydrogen) atoms. The van der Waals surface area contributed by atoms with Crippen molar-refractivity contribution in [2.75, 3.05) is 37.6 Å². The molecule has 3 N–H and O–H groups in total. The van der Waals surface area contributed by atoms with Crippen molar-refractivity contribution < 1.29 is 0 Å². The Kier molecular flexibility index (Phi) is 3.61. The van der Waals surface area contributed by atoms with E-state index in [4.69, 9.17) is 11.1 Å². The van der Waals surface area contributed by atoms with Crippen LogP contribution in [0.5, 0.6) is 0 Å². The lowest BCUT2D eigenvalue weighted by atomic mass is 10.1. The highest BCUT2D eigenvalue weighted by atomic mass is 15.3.